The maximum Gasteiger partial charge on any atom is 0.320 e. The van der Waals surface area contributed by atoms with E-state index in [0.717, 1.165) is 11.8 Å². The number of anilines is 1. The summed E-state index contributed by atoms with van der Waals surface area (Å²) in [6, 6.07) is 12.4. The van der Waals surface area contributed by atoms with E-state index in [9.17, 15) is 13.6 Å². The molecule has 1 fully saturated rings. The number of carbonyl (C=O) groups is 1. The Labute approximate surface area is 251 Å². The molecule has 0 aliphatic carbocycles. The van der Waals surface area contributed by atoms with Crippen LogP contribution in [0.5, 0.6) is 5.88 Å². The lowest BCUT2D eigenvalue weighted by Crippen LogP contribution is -2.42. The van der Waals surface area contributed by atoms with Gasteiger partial charge in [0, 0.05) is 52.3 Å². The van der Waals surface area contributed by atoms with Crippen molar-refractivity contribution in [3.05, 3.63) is 71.3 Å². The molecule has 2 heterocycles. The number of likely N-dealkylation sites (tertiary alicyclic amines) is 1. The number of carbonyl (C=O) groups excluding carboxylic acids is 1. The number of nitrogens with zero attached hydrogens (tertiary/aromatic N) is 3. The summed E-state index contributed by atoms with van der Waals surface area (Å²) in [5.41, 5.74) is 1.95. The number of para-hydroxylation sites is 1. The van der Waals surface area contributed by atoms with Gasteiger partial charge in [-0.3, -0.25) is 10.2 Å². The summed E-state index contributed by atoms with van der Waals surface area (Å²) in [6.45, 7) is 9.08. The van der Waals surface area contributed by atoms with Crippen LogP contribution < -0.4 is 15.4 Å². The average molecular weight is 602 g/mol. The number of hydrogen-bond acceptors (Lipinski definition) is 7. The second-order valence-corrected chi connectivity index (χ2v) is 10.1. The van der Waals surface area contributed by atoms with Crippen LogP contribution in [-0.2, 0) is 20.6 Å². The maximum atomic E-state index is 14.2. The van der Waals surface area contributed by atoms with Crippen molar-refractivity contribution in [3.8, 4) is 11.6 Å². The number of aromatic nitrogens is 2. The van der Waals surface area contributed by atoms with Crippen molar-refractivity contribution in [3.63, 3.8) is 0 Å². The molecule has 2 aromatic carbocycles. The van der Waals surface area contributed by atoms with Crippen LogP contribution in [0.4, 0.5) is 19.4 Å². The molecule has 3 aromatic rings. The first kappa shape index (κ1) is 32.3. The number of halogens is 2. The minimum absolute atomic E-state index is 0.268. The highest BCUT2D eigenvalue weighted by Gasteiger charge is 2.36. The van der Waals surface area contributed by atoms with E-state index in [1.165, 1.54) is 6.07 Å². The predicted octanol–water partition coefficient (Wildman–Crippen LogP) is 4.73. The van der Waals surface area contributed by atoms with E-state index in [2.05, 4.69) is 15.5 Å². The summed E-state index contributed by atoms with van der Waals surface area (Å²) >= 11 is 0. The van der Waals surface area contributed by atoms with Gasteiger partial charge in [0.15, 0.2) is 17.9 Å². The molecule has 2 N–H and O–H groups in total. The Morgan fingerprint density at radius 1 is 1.02 bits per heavy atom. The Hall–Kier alpha value is -3.58. The Morgan fingerprint density at radius 3 is 2.42 bits per heavy atom. The van der Waals surface area contributed by atoms with E-state index in [1.54, 1.807) is 17.9 Å². The molecule has 1 aromatic heterocycles. The third-order valence-electron chi connectivity index (χ3n) is 7.23. The molecular weight excluding hydrogens is 560 g/mol. The smallest absolute Gasteiger partial charge is 0.320 e. The Kier molecular flexibility index (Phi) is 11.9. The lowest BCUT2D eigenvalue weighted by atomic mass is 9.94. The zero-order valence-electron chi connectivity index (χ0n) is 25.1. The lowest BCUT2D eigenvalue weighted by Gasteiger charge is -2.22. The van der Waals surface area contributed by atoms with Crippen LogP contribution in [0.3, 0.4) is 0 Å². The molecule has 2 atom stereocenters. The van der Waals surface area contributed by atoms with Gasteiger partial charge in [0.1, 0.15) is 5.82 Å². The fourth-order valence-electron chi connectivity index (χ4n) is 5.28. The third kappa shape index (κ3) is 8.29. The molecule has 0 spiro atoms. The SMILES string of the molecule is CCOc1nn(-c2ccccc2)c(NC(=O)NC2CN(CCOC)CC2c2ccc(F)c(F)c2)c1CC(OCC)OCC. The van der Waals surface area contributed by atoms with Crippen LogP contribution >= 0.6 is 0 Å². The quantitative estimate of drug-likeness (QED) is 0.243. The fraction of sp³-hybridized carbons (Fsp3) is 0.484. The fourth-order valence-corrected chi connectivity index (χ4v) is 5.28. The van der Waals surface area contributed by atoms with Crippen LogP contribution in [-0.4, -0.2) is 86.2 Å². The van der Waals surface area contributed by atoms with Gasteiger partial charge >= 0.3 is 6.03 Å². The van der Waals surface area contributed by atoms with Crippen molar-refractivity contribution in [2.45, 2.75) is 45.4 Å². The van der Waals surface area contributed by atoms with E-state index >= 15 is 0 Å². The second-order valence-electron chi connectivity index (χ2n) is 10.1. The van der Waals surface area contributed by atoms with Crippen molar-refractivity contribution in [2.24, 2.45) is 0 Å². The Balaban J connectivity index is 1.65. The zero-order chi connectivity index (χ0) is 30.8. The number of nitrogens with one attached hydrogen (secondary N) is 2. The highest BCUT2D eigenvalue weighted by atomic mass is 19.2. The average Bonchev–Trinajstić information content (AvgIpc) is 3.55. The monoisotopic (exact) mass is 601 g/mol. The summed E-state index contributed by atoms with van der Waals surface area (Å²) in [4.78, 5) is 15.8. The van der Waals surface area contributed by atoms with Gasteiger partial charge in [-0.15, -0.1) is 5.10 Å². The van der Waals surface area contributed by atoms with Crippen LogP contribution in [0.1, 0.15) is 37.8 Å². The highest BCUT2D eigenvalue weighted by Crippen LogP contribution is 2.32. The van der Waals surface area contributed by atoms with Crippen LogP contribution in [0.15, 0.2) is 48.5 Å². The molecular formula is C31H41F2N5O5. The Morgan fingerprint density at radius 2 is 1.77 bits per heavy atom. The third-order valence-corrected chi connectivity index (χ3v) is 7.23. The molecule has 0 saturated carbocycles. The van der Waals surface area contributed by atoms with Gasteiger partial charge in [-0.05, 0) is 50.6 Å². The first-order valence-corrected chi connectivity index (χ1v) is 14.6. The summed E-state index contributed by atoms with van der Waals surface area (Å²) in [6.07, 6.45) is -0.293. The van der Waals surface area contributed by atoms with Gasteiger partial charge in [0.25, 0.3) is 0 Å². The maximum absolute atomic E-state index is 14.2. The van der Waals surface area contributed by atoms with Gasteiger partial charge in [0.05, 0.1) is 30.5 Å². The van der Waals surface area contributed by atoms with Gasteiger partial charge in [-0.2, -0.15) is 0 Å². The molecule has 1 aliphatic rings. The normalized spacial score (nSPS) is 17.0. The van der Waals surface area contributed by atoms with Gasteiger partial charge in [-0.1, -0.05) is 24.3 Å². The van der Waals surface area contributed by atoms with Gasteiger partial charge in [-0.25, -0.2) is 18.3 Å². The molecule has 1 aliphatic heterocycles. The van der Waals surface area contributed by atoms with E-state index in [-0.39, 0.29) is 18.4 Å². The number of amides is 2. The van der Waals surface area contributed by atoms with E-state index in [0.29, 0.717) is 68.9 Å². The number of ether oxygens (including phenoxy) is 4. The van der Waals surface area contributed by atoms with Crippen LogP contribution in [0, 0.1) is 11.6 Å². The van der Waals surface area contributed by atoms with Crippen molar-refractivity contribution < 1.29 is 32.5 Å². The number of urea groups is 1. The van der Waals surface area contributed by atoms with Crippen molar-refractivity contribution in [2.75, 3.05) is 58.5 Å². The summed E-state index contributed by atoms with van der Waals surface area (Å²) in [5, 5.41) is 10.8. The molecule has 2 unspecified atom stereocenters. The van der Waals surface area contributed by atoms with E-state index < -0.39 is 24.0 Å². The molecule has 43 heavy (non-hydrogen) atoms. The topological polar surface area (TPSA) is 99.1 Å². The highest BCUT2D eigenvalue weighted by molar-refractivity contribution is 5.90. The van der Waals surface area contributed by atoms with Crippen molar-refractivity contribution in [1.29, 1.82) is 0 Å². The van der Waals surface area contributed by atoms with Gasteiger partial charge < -0.3 is 24.3 Å². The molecule has 4 rings (SSSR count). The van der Waals surface area contributed by atoms with E-state index in [4.69, 9.17) is 24.0 Å². The summed E-state index contributed by atoms with van der Waals surface area (Å²) < 4.78 is 52.3. The van der Waals surface area contributed by atoms with Crippen molar-refractivity contribution >= 4 is 11.8 Å². The molecule has 234 valence electrons. The summed E-state index contributed by atoms with van der Waals surface area (Å²) in [5.74, 6) is -1.33. The molecule has 1 saturated heterocycles. The zero-order valence-corrected chi connectivity index (χ0v) is 25.1. The van der Waals surface area contributed by atoms with E-state index in [1.807, 2.05) is 51.1 Å². The molecule has 12 heteroatoms. The molecule has 2 amide bonds. The van der Waals surface area contributed by atoms with Crippen LogP contribution in [0.25, 0.3) is 5.69 Å². The minimum Gasteiger partial charge on any atom is -0.477 e. The predicted molar refractivity (Wildman–Crippen MR) is 159 cm³/mol. The number of hydrogen-bond donors (Lipinski definition) is 2. The second kappa shape index (κ2) is 15.8. The molecule has 0 bridgehead atoms. The molecule has 0 radical (unpaired) electrons. The standard InChI is InChI=1S/C31H41F2N5O5/c1-5-41-28(42-6-2)18-23-29(38(36-30(23)43-7-3)22-11-9-8-10-12-22)35-31(39)34-27-20-37(15-16-40-4)19-24(27)21-13-14-25(32)26(33)17-21/h8-14,17,24,27-28H,5-7,15-16,18-20H2,1-4H3,(H2,34,35,39). The lowest BCUT2D eigenvalue weighted by molar-refractivity contribution is -0.134. The number of rotatable bonds is 15. The first-order valence-electron chi connectivity index (χ1n) is 14.6. The minimum atomic E-state index is -0.922. The Bertz CT molecular complexity index is 1320. The molecule has 10 nitrogen and oxygen atoms in total. The number of benzene rings is 2. The summed E-state index contributed by atoms with van der Waals surface area (Å²) in [7, 11) is 1.62. The number of methoxy groups -OCH3 is 1. The van der Waals surface area contributed by atoms with Crippen LogP contribution in [0.2, 0.25) is 0 Å². The largest absolute Gasteiger partial charge is 0.477 e. The van der Waals surface area contributed by atoms with Gasteiger partial charge in [0.2, 0.25) is 5.88 Å². The first-order chi connectivity index (χ1) is 20.9. The van der Waals surface area contributed by atoms with Crippen molar-refractivity contribution in [1.82, 2.24) is 20.0 Å².